The van der Waals surface area contributed by atoms with Crippen molar-refractivity contribution in [3.05, 3.63) is 58.7 Å². The number of carboxylic acid groups (broad SMARTS) is 1. The van der Waals surface area contributed by atoms with Crippen molar-refractivity contribution in [3.63, 3.8) is 0 Å². The molecule has 0 saturated heterocycles. The summed E-state index contributed by atoms with van der Waals surface area (Å²) >= 11 is 3.82. The van der Waals surface area contributed by atoms with Crippen molar-refractivity contribution in [3.8, 4) is 11.5 Å². The third-order valence-corrected chi connectivity index (χ3v) is 5.68. The van der Waals surface area contributed by atoms with E-state index in [4.69, 9.17) is 4.74 Å². The van der Waals surface area contributed by atoms with Crippen LogP contribution in [0.3, 0.4) is 0 Å². The molecule has 1 atom stereocenters. The minimum Gasteiger partial charge on any atom is -0.506 e. The topological polar surface area (TPSA) is 139 Å². The number of ether oxygens (including phenoxy) is 1. The molecule has 0 aliphatic carbocycles. The molecule has 2 rings (SSSR count). The van der Waals surface area contributed by atoms with Crippen LogP contribution in [0.1, 0.15) is 18.1 Å². The Morgan fingerprint density at radius 2 is 1.90 bits per heavy atom. The number of aromatic hydroxyl groups is 1. The molecular weight excluding hydrogens is 610 g/mol. The summed E-state index contributed by atoms with van der Waals surface area (Å²) in [6.07, 6.45) is -0.0448. The number of benzene rings is 2. The Morgan fingerprint density at radius 1 is 1.28 bits per heavy atom. The van der Waals surface area contributed by atoms with Gasteiger partial charge in [-0.15, -0.1) is 0 Å². The molecule has 2 aromatic rings. The zero-order valence-electron chi connectivity index (χ0n) is 15.0. The largest absolute Gasteiger partial charge is 0.506 e. The minimum absolute atomic E-state index is 0.0000478. The third kappa shape index (κ3) is 6.16. The monoisotopic (exact) mass is 626 g/mol. The van der Waals surface area contributed by atoms with Crippen molar-refractivity contribution < 1.29 is 29.5 Å². The predicted octanol–water partition coefficient (Wildman–Crippen LogP) is 3.22. The fourth-order valence-corrected chi connectivity index (χ4v) is 4.44. The number of nitro benzene ring substituents is 1. The van der Waals surface area contributed by atoms with Gasteiger partial charge in [-0.05, 0) is 74.5 Å². The van der Waals surface area contributed by atoms with Crippen LogP contribution < -0.4 is 10.1 Å². The predicted molar refractivity (Wildman–Crippen MR) is 120 cm³/mol. The van der Waals surface area contributed by atoms with Gasteiger partial charge in [-0.3, -0.25) is 14.9 Å². The number of nitrogens with one attached hydrogen (secondary N) is 1. The molecule has 0 fully saturated rings. The normalized spacial score (nSPS) is 11.6. The maximum atomic E-state index is 11.5. The van der Waals surface area contributed by atoms with Gasteiger partial charge in [-0.1, -0.05) is 0 Å². The van der Waals surface area contributed by atoms with Crippen LogP contribution in [-0.4, -0.2) is 33.1 Å². The van der Waals surface area contributed by atoms with Crippen LogP contribution in [0, 0.1) is 17.3 Å². The van der Waals surface area contributed by atoms with Crippen LogP contribution in [-0.2, 0) is 22.6 Å². The molecular formula is C18H16I2N2O7. The molecule has 0 heterocycles. The number of hydrogen-bond acceptors (Lipinski definition) is 6. The summed E-state index contributed by atoms with van der Waals surface area (Å²) < 4.78 is 6.74. The number of carboxylic acids is 1. The number of amides is 1. The van der Waals surface area contributed by atoms with Gasteiger partial charge in [0, 0.05) is 25.5 Å². The van der Waals surface area contributed by atoms with Crippen LogP contribution in [0.25, 0.3) is 0 Å². The highest BCUT2D eigenvalue weighted by Gasteiger charge is 2.24. The molecule has 2 aromatic carbocycles. The van der Waals surface area contributed by atoms with E-state index in [-0.39, 0.29) is 24.5 Å². The van der Waals surface area contributed by atoms with Crippen LogP contribution in [0.15, 0.2) is 30.3 Å². The maximum Gasteiger partial charge on any atom is 0.326 e. The van der Waals surface area contributed by atoms with Crippen molar-refractivity contribution in [1.29, 1.82) is 0 Å². The number of rotatable bonds is 8. The first-order valence-electron chi connectivity index (χ1n) is 8.16. The number of carbonyl (C=O) groups is 2. The highest BCUT2D eigenvalue weighted by Crippen LogP contribution is 2.38. The Hall–Kier alpha value is -2.16. The Labute approximate surface area is 192 Å². The molecule has 29 heavy (non-hydrogen) atoms. The molecule has 3 N–H and O–H groups in total. The first kappa shape index (κ1) is 23.1. The summed E-state index contributed by atoms with van der Waals surface area (Å²) in [7, 11) is 0. The van der Waals surface area contributed by atoms with Crippen molar-refractivity contribution in [1.82, 2.24) is 5.32 Å². The summed E-state index contributed by atoms with van der Waals surface area (Å²) in [5.41, 5.74) is 1.11. The first-order chi connectivity index (χ1) is 13.6. The smallest absolute Gasteiger partial charge is 0.326 e. The van der Waals surface area contributed by atoms with E-state index >= 15 is 0 Å². The number of hydrogen-bond donors (Lipinski definition) is 3. The summed E-state index contributed by atoms with van der Waals surface area (Å²) in [5, 5.41) is 32.7. The van der Waals surface area contributed by atoms with Crippen molar-refractivity contribution in [2.45, 2.75) is 26.0 Å². The second kappa shape index (κ2) is 10.0. The summed E-state index contributed by atoms with van der Waals surface area (Å²) in [6.45, 7) is 1.28. The molecule has 0 aliphatic heterocycles. The molecule has 0 bridgehead atoms. The maximum absolute atomic E-state index is 11.5. The number of phenols is 1. The number of nitro groups is 1. The standard InChI is InChI=1S/C18H16I2N2O7/c1-9(23)21-14(18(25)26)7-11-6-13(19)16(24)15(20)17(11)29-8-10-2-4-12(5-3-10)22(27)28/h2-6,14,24H,7-8H2,1H3,(H,21,23)(H,25,26). The summed E-state index contributed by atoms with van der Waals surface area (Å²) in [6, 6.07) is 6.25. The quantitative estimate of drug-likeness (QED) is 0.233. The second-order valence-corrected chi connectivity index (χ2v) is 8.26. The Balaban J connectivity index is 2.31. The number of non-ortho nitro benzene ring substituents is 1. The van der Waals surface area contributed by atoms with E-state index in [2.05, 4.69) is 5.32 Å². The van der Waals surface area contributed by atoms with Gasteiger partial charge >= 0.3 is 5.97 Å². The molecule has 154 valence electrons. The molecule has 0 radical (unpaired) electrons. The molecule has 0 saturated carbocycles. The van der Waals surface area contributed by atoms with Gasteiger partial charge in [0.25, 0.3) is 5.69 Å². The molecule has 0 spiro atoms. The lowest BCUT2D eigenvalue weighted by atomic mass is 10.0. The van der Waals surface area contributed by atoms with Gasteiger partial charge in [-0.2, -0.15) is 0 Å². The van der Waals surface area contributed by atoms with Crippen LogP contribution in [0.5, 0.6) is 11.5 Å². The molecule has 0 aromatic heterocycles. The summed E-state index contributed by atoms with van der Waals surface area (Å²) in [5.74, 6) is -1.38. The Kier molecular flexibility index (Phi) is 8.01. The lowest BCUT2D eigenvalue weighted by molar-refractivity contribution is -0.384. The molecule has 11 heteroatoms. The van der Waals surface area contributed by atoms with Gasteiger partial charge in [0.15, 0.2) is 0 Å². The Morgan fingerprint density at radius 3 is 2.41 bits per heavy atom. The van der Waals surface area contributed by atoms with Gasteiger partial charge in [-0.25, -0.2) is 4.79 Å². The number of phenolic OH excluding ortho intramolecular Hbond substituents is 1. The molecule has 9 nitrogen and oxygen atoms in total. The van der Waals surface area contributed by atoms with E-state index in [1.165, 1.54) is 19.1 Å². The van der Waals surface area contributed by atoms with Crippen LogP contribution in [0.4, 0.5) is 5.69 Å². The molecule has 0 aliphatic rings. The summed E-state index contributed by atoms with van der Waals surface area (Å²) in [4.78, 5) is 33.0. The van der Waals surface area contributed by atoms with Crippen LogP contribution in [0.2, 0.25) is 0 Å². The van der Waals surface area contributed by atoms with E-state index in [9.17, 15) is 29.9 Å². The van der Waals surface area contributed by atoms with Crippen molar-refractivity contribution in [2.24, 2.45) is 0 Å². The van der Waals surface area contributed by atoms with Gasteiger partial charge in [0.05, 0.1) is 12.1 Å². The lowest BCUT2D eigenvalue weighted by Gasteiger charge is -2.19. The molecule has 1 unspecified atom stereocenters. The van der Waals surface area contributed by atoms with E-state index in [0.717, 1.165) is 0 Å². The second-order valence-electron chi connectivity index (χ2n) is 6.02. The van der Waals surface area contributed by atoms with E-state index in [0.29, 0.717) is 24.0 Å². The third-order valence-electron chi connectivity index (χ3n) is 3.86. The number of halogens is 2. The number of nitrogens with zero attached hydrogens (tertiary/aromatic N) is 1. The zero-order valence-corrected chi connectivity index (χ0v) is 19.3. The highest BCUT2D eigenvalue weighted by molar-refractivity contribution is 14.1. The van der Waals surface area contributed by atoms with Gasteiger partial charge < -0.3 is 20.3 Å². The SMILES string of the molecule is CC(=O)NC(Cc1cc(I)c(O)c(I)c1OCc1ccc([N+](=O)[O-])cc1)C(=O)O. The number of carbonyl (C=O) groups excluding carboxylic acids is 1. The van der Waals surface area contributed by atoms with Crippen molar-refractivity contribution >= 4 is 62.7 Å². The van der Waals surface area contributed by atoms with E-state index in [1.807, 2.05) is 45.2 Å². The van der Waals surface area contributed by atoms with Gasteiger partial charge in [0.1, 0.15) is 24.1 Å². The van der Waals surface area contributed by atoms with Crippen LogP contribution >= 0.6 is 45.2 Å². The van der Waals surface area contributed by atoms with E-state index < -0.39 is 22.8 Å². The Bertz CT molecular complexity index is 948. The average Bonchev–Trinajstić information content (AvgIpc) is 2.65. The number of aliphatic carboxylic acids is 1. The van der Waals surface area contributed by atoms with Gasteiger partial charge in [0.2, 0.25) is 5.91 Å². The minimum atomic E-state index is -1.19. The fourth-order valence-electron chi connectivity index (χ4n) is 2.48. The molecule has 1 amide bonds. The van der Waals surface area contributed by atoms with Crippen molar-refractivity contribution in [2.75, 3.05) is 0 Å². The fraction of sp³-hybridized carbons (Fsp3) is 0.222. The first-order valence-corrected chi connectivity index (χ1v) is 10.3. The average molecular weight is 626 g/mol. The van der Waals surface area contributed by atoms with E-state index in [1.54, 1.807) is 18.2 Å². The highest BCUT2D eigenvalue weighted by atomic mass is 127. The lowest BCUT2D eigenvalue weighted by Crippen LogP contribution is -2.41. The zero-order chi connectivity index (χ0) is 21.7.